The van der Waals surface area contributed by atoms with E-state index in [0.29, 0.717) is 6.04 Å². The molecule has 0 atom stereocenters. The summed E-state index contributed by atoms with van der Waals surface area (Å²) in [5.41, 5.74) is 0. The number of nitrogens with zero attached hydrogens (tertiary/aromatic N) is 4. The lowest BCUT2D eigenvalue weighted by molar-refractivity contribution is -0.122. The van der Waals surface area contributed by atoms with Crippen LogP contribution < -0.4 is 5.32 Å². The highest BCUT2D eigenvalue weighted by Gasteiger charge is 2.15. The van der Waals surface area contributed by atoms with Gasteiger partial charge in [0.15, 0.2) is 0 Å². The van der Waals surface area contributed by atoms with Crippen molar-refractivity contribution in [2.45, 2.75) is 51.1 Å². The molecule has 2 rings (SSSR count). The number of aromatic nitrogens is 3. The van der Waals surface area contributed by atoms with Gasteiger partial charge in [-0.2, -0.15) is 5.26 Å². The van der Waals surface area contributed by atoms with Gasteiger partial charge in [0, 0.05) is 6.04 Å². The molecule has 0 unspecified atom stereocenters. The molecule has 1 amide bonds. The summed E-state index contributed by atoms with van der Waals surface area (Å²) < 4.78 is 1.39. The van der Waals surface area contributed by atoms with Crippen LogP contribution in [0.2, 0.25) is 0 Å². The number of hydrogen-bond donors (Lipinski definition) is 1. The normalized spacial score (nSPS) is 16.8. The van der Waals surface area contributed by atoms with Gasteiger partial charge in [0.25, 0.3) is 5.82 Å². The van der Waals surface area contributed by atoms with Crippen LogP contribution in [0.1, 0.15) is 44.3 Å². The molecular weight excluding hydrogens is 230 g/mol. The quantitative estimate of drug-likeness (QED) is 0.807. The molecule has 0 radical (unpaired) electrons. The Morgan fingerprint density at radius 2 is 2.17 bits per heavy atom. The van der Waals surface area contributed by atoms with Crippen molar-refractivity contribution in [3.63, 3.8) is 0 Å². The third-order valence-electron chi connectivity index (χ3n) is 3.16. The molecule has 1 aliphatic carbocycles. The number of carbonyl (C=O) groups is 1. The molecule has 6 nitrogen and oxygen atoms in total. The van der Waals surface area contributed by atoms with Gasteiger partial charge in [-0.3, -0.25) is 4.79 Å². The highest BCUT2D eigenvalue weighted by Crippen LogP contribution is 2.17. The van der Waals surface area contributed by atoms with Gasteiger partial charge in [-0.1, -0.05) is 25.7 Å². The van der Waals surface area contributed by atoms with E-state index in [1.54, 1.807) is 0 Å². The van der Waals surface area contributed by atoms with E-state index in [-0.39, 0.29) is 18.3 Å². The molecule has 1 heterocycles. The summed E-state index contributed by atoms with van der Waals surface area (Å²) in [4.78, 5) is 15.6. The van der Waals surface area contributed by atoms with Crippen LogP contribution in [-0.2, 0) is 11.3 Å². The Morgan fingerprint density at radius 3 is 2.78 bits per heavy atom. The van der Waals surface area contributed by atoms with Crippen LogP contribution in [0.3, 0.4) is 0 Å². The second-order valence-electron chi connectivity index (χ2n) is 4.63. The Bertz CT molecular complexity index is 440. The Morgan fingerprint density at radius 1 is 1.44 bits per heavy atom. The largest absolute Gasteiger partial charge is 0.352 e. The van der Waals surface area contributed by atoms with Crippen molar-refractivity contribution in [2.75, 3.05) is 0 Å². The molecule has 96 valence electrons. The Labute approximate surface area is 106 Å². The average molecular weight is 247 g/mol. The standard InChI is InChI=1S/C12H17N5O/c13-7-11-14-9-17(16-11)8-12(18)15-10-5-3-1-2-4-6-10/h9-10H,1-6,8H2,(H,15,18). The zero-order valence-electron chi connectivity index (χ0n) is 10.3. The number of carbonyl (C=O) groups excluding carboxylic acids is 1. The van der Waals surface area contributed by atoms with Gasteiger partial charge < -0.3 is 5.32 Å². The lowest BCUT2D eigenvalue weighted by Gasteiger charge is -2.15. The summed E-state index contributed by atoms with van der Waals surface area (Å²) in [5.74, 6) is 0.0357. The van der Waals surface area contributed by atoms with E-state index in [1.807, 2.05) is 6.07 Å². The van der Waals surface area contributed by atoms with Crippen LogP contribution in [0.4, 0.5) is 0 Å². The SMILES string of the molecule is N#Cc1ncn(CC(=O)NC2CCCCCC2)n1. The van der Waals surface area contributed by atoms with Gasteiger partial charge in [0.1, 0.15) is 18.9 Å². The molecule has 6 heteroatoms. The van der Waals surface area contributed by atoms with E-state index in [2.05, 4.69) is 15.4 Å². The third kappa shape index (κ3) is 3.55. The molecule has 0 saturated heterocycles. The number of hydrogen-bond acceptors (Lipinski definition) is 4. The Hall–Kier alpha value is -1.90. The molecule has 1 saturated carbocycles. The lowest BCUT2D eigenvalue weighted by atomic mass is 10.1. The van der Waals surface area contributed by atoms with Crippen molar-refractivity contribution >= 4 is 5.91 Å². The maximum absolute atomic E-state index is 11.8. The molecule has 1 aromatic heterocycles. The summed E-state index contributed by atoms with van der Waals surface area (Å²) >= 11 is 0. The summed E-state index contributed by atoms with van der Waals surface area (Å²) in [6.07, 6.45) is 8.44. The van der Waals surface area contributed by atoms with Crippen LogP contribution in [0.15, 0.2) is 6.33 Å². The van der Waals surface area contributed by atoms with Gasteiger partial charge in [-0.25, -0.2) is 9.67 Å². The average Bonchev–Trinajstić information content (AvgIpc) is 2.65. The third-order valence-corrected chi connectivity index (χ3v) is 3.16. The zero-order chi connectivity index (χ0) is 12.8. The van der Waals surface area contributed by atoms with E-state index in [9.17, 15) is 4.79 Å². The molecule has 1 aromatic rings. The first kappa shape index (κ1) is 12.6. The van der Waals surface area contributed by atoms with Crippen LogP contribution in [0.25, 0.3) is 0 Å². The topological polar surface area (TPSA) is 83.6 Å². The van der Waals surface area contributed by atoms with Gasteiger partial charge in [0.05, 0.1) is 0 Å². The number of amides is 1. The van der Waals surface area contributed by atoms with Crippen LogP contribution in [0, 0.1) is 11.3 Å². The maximum atomic E-state index is 11.8. The molecule has 0 aliphatic heterocycles. The van der Waals surface area contributed by atoms with Gasteiger partial charge in [0.2, 0.25) is 5.91 Å². The van der Waals surface area contributed by atoms with E-state index >= 15 is 0 Å². The predicted octanol–water partition coefficient (Wildman–Crippen LogP) is 0.989. The van der Waals surface area contributed by atoms with E-state index in [4.69, 9.17) is 5.26 Å². The molecule has 0 aromatic carbocycles. The predicted molar refractivity (Wildman–Crippen MR) is 64.4 cm³/mol. The van der Waals surface area contributed by atoms with Crippen LogP contribution in [-0.4, -0.2) is 26.7 Å². The van der Waals surface area contributed by atoms with Crippen molar-refractivity contribution in [3.8, 4) is 6.07 Å². The molecule has 1 fully saturated rings. The maximum Gasteiger partial charge on any atom is 0.252 e. The van der Waals surface area contributed by atoms with Crippen LogP contribution in [0.5, 0.6) is 0 Å². The molecule has 0 bridgehead atoms. The fourth-order valence-corrected chi connectivity index (χ4v) is 2.27. The van der Waals surface area contributed by atoms with Gasteiger partial charge in [-0.05, 0) is 12.8 Å². The summed E-state index contributed by atoms with van der Waals surface area (Å²) in [6.45, 7) is 0.130. The smallest absolute Gasteiger partial charge is 0.252 e. The Balaban J connectivity index is 1.82. The number of rotatable bonds is 3. The molecule has 1 aliphatic rings. The summed E-state index contributed by atoms with van der Waals surface area (Å²) in [5, 5.41) is 15.5. The lowest BCUT2D eigenvalue weighted by Crippen LogP contribution is -2.36. The first-order valence-electron chi connectivity index (χ1n) is 6.37. The second kappa shape index (κ2) is 6.15. The van der Waals surface area contributed by atoms with Crippen molar-refractivity contribution in [3.05, 3.63) is 12.2 Å². The van der Waals surface area contributed by atoms with Crippen molar-refractivity contribution in [1.29, 1.82) is 5.26 Å². The molecule has 1 N–H and O–H groups in total. The van der Waals surface area contributed by atoms with E-state index in [1.165, 1.54) is 36.7 Å². The minimum Gasteiger partial charge on any atom is -0.352 e. The first-order chi connectivity index (χ1) is 8.78. The Kier molecular flexibility index (Phi) is 4.29. The summed E-state index contributed by atoms with van der Waals surface area (Å²) in [6, 6.07) is 2.13. The molecule has 18 heavy (non-hydrogen) atoms. The van der Waals surface area contributed by atoms with Crippen molar-refractivity contribution in [2.24, 2.45) is 0 Å². The van der Waals surface area contributed by atoms with Gasteiger partial charge >= 0.3 is 0 Å². The number of nitrogens with one attached hydrogen (secondary N) is 1. The fourth-order valence-electron chi connectivity index (χ4n) is 2.27. The monoisotopic (exact) mass is 247 g/mol. The van der Waals surface area contributed by atoms with Crippen LogP contribution >= 0.6 is 0 Å². The summed E-state index contributed by atoms with van der Waals surface area (Å²) in [7, 11) is 0. The minimum atomic E-state index is -0.0590. The first-order valence-corrected chi connectivity index (χ1v) is 6.37. The van der Waals surface area contributed by atoms with E-state index < -0.39 is 0 Å². The second-order valence-corrected chi connectivity index (χ2v) is 4.63. The van der Waals surface area contributed by atoms with E-state index in [0.717, 1.165) is 12.8 Å². The highest BCUT2D eigenvalue weighted by atomic mass is 16.2. The van der Waals surface area contributed by atoms with Crippen molar-refractivity contribution < 1.29 is 4.79 Å². The molecule has 0 spiro atoms. The zero-order valence-corrected chi connectivity index (χ0v) is 10.3. The highest BCUT2D eigenvalue weighted by molar-refractivity contribution is 5.75. The molecular formula is C12H17N5O. The minimum absolute atomic E-state index is 0.0590. The van der Waals surface area contributed by atoms with Crippen molar-refractivity contribution in [1.82, 2.24) is 20.1 Å². The fraction of sp³-hybridized carbons (Fsp3) is 0.667. The van der Waals surface area contributed by atoms with Gasteiger partial charge in [-0.15, -0.1) is 5.10 Å². The number of nitriles is 1.